The van der Waals surface area contributed by atoms with Gasteiger partial charge in [0.2, 0.25) is 0 Å². The summed E-state index contributed by atoms with van der Waals surface area (Å²) in [5.41, 5.74) is 0. The molecular weight excluding hydrogens is 191 g/mol. The van der Waals surface area contributed by atoms with Crippen molar-refractivity contribution in [2.75, 3.05) is 0 Å². The summed E-state index contributed by atoms with van der Waals surface area (Å²) in [5.74, 6) is 0. The summed E-state index contributed by atoms with van der Waals surface area (Å²) in [6, 6.07) is 12.5. The topological polar surface area (TPSA) is 0 Å². The molecule has 0 bridgehead atoms. The van der Waals surface area contributed by atoms with Gasteiger partial charge in [-0.1, -0.05) is 0 Å². The zero-order valence-corrected chi connectivity index (χ0v) is 7.90. The van der Waals surface area contributed by atoms with E-state index in [0.29, 0.717) is 0 Å². The average molecular weight is 198 g/mol. The van der Waals surface area contributed by atoms with Gasteiger partial charge in [0.1, 0.15) is 0 Å². The van der Waals surface area contributed by atoms with E-state index in [1.165, 1.54) is 0 Å². The van der Waals surface area contributed by atoms with E-state index < -0.39 is 0 Å². The molecule has 3 heteroatoms. The van der Waals surface area contributed by atoms with E-state index >= 15 is 0 Å². The molecule has 0 aliphatic heterocycles. The van der Waals surface area contributed by atoms with Gasteiger partial charge in [0.25, 0.3) is 0 Å². The smallest absolute Gasteiger partial charge is 0 e. The fourth-order valence-corrected chi connectivity index (χ4v) is 0.342. The van der Waals surface area contributed by atoms with Crippen LogP contribution in [-0.4, -0.2) is 0 Å². The monoisotopic (exact) mass is 197 g/mol. The Hall–Kier alpha value is 0.514. The minimum Gasteiger partial charge on any atom is -0.184 e. The SMILES string of the molecule is Cl.Cl.[Ti].[c-]1ccccc1. The van der Waals surface area contributed by atoms with Gasteiger partial charge in [-0.05, 0) is 0 Å². The molecule has 0 radical (unpaired) electrons. The van der Waals surface area contributed by atoms with Crippen molar-refractivity contribution in [1.29, 1.82) is 0 Å². The van der Waals surface area contributed by atoms with Crippen molar-refractivity contribution in [2.45, 2.75) is 0 Å². The number of benzene rings is 1. The second kappa shape index (κ2) is 11.3. The number of hydrogen-bond donors (Lipinski definition) is 0. The van der Waals surface area contributed by atoms with Gasteiger partial charge in [-0.2, -0.15) is 36.4 Å². The van der Waals surface area contributed by atoms with Gasteiger partial charge in [-0.3, -0.25) is 0 Å². The van der Waals surface area contributed by atoms with E-state index in [1.54, 1.807) is 0 Å². The maximum absolute atomic E-state index is 2.89. The van der Waals surface area contributed by atoms with Gasteiger partial charge in [0.15, 0.2) is 0 Å². The Morgan fingerprint density at radius 1 is 0.778 bits per heavy atom. The molecule has 0 aliphatic carbocycles. The minimum atomic E-state index is 0. The van der Waals surface area contributed by atoms with E-state index in [9.17, 15) is 0 Å². The third-order valence-electron chi connectivity index (χ3n) is 0.607. The summed E-state index contributed by atoms with van der Waals surface area (Å²) in [7, 11) is 0. The van der Waals surface area contributed by atoms with Crippen LogP contribution >= 0.6 is 24.8 Å². The van der Waals surface area contributed by atoms with Crippen LogP contribution in [0.2, 0.25) is 0 Å². The van der Waals surface area contributed by atoms with E-state index in [2.05, 4.69) is 6.07 Å². The van der Waals surface area contributed by atoms with Crippen LogP contribution in [0.15, 0.2) is 30.3 Å². The van der Waals surface area contributed by atoms with E-state index in [4.69, 9.17) is 0 Å². The summed E-state index contributed by atoms with van der Waals surface area (Å²) >= 11 is 0. The van der Waals surface area contributed by atoms with Gasteiger partial charge in [-0.15, -0.1) is 24.8 Å². The van der Waals surface area contributed by atoms with Gasteiger partial charge in [-0.25, -0.2) is 0 Å². The molecule has 0 aliphatic rings. The molecule has 0 nitrogen and oxygen atoms in total. The molecule has 1 aromatic carbocycles. The minimum absolute atomic E-state index is 0. The molecule has 0 spiro atoms. The molecule has 0 aromatic heterocycles. The molecule has 0 saturated heterocycles. The normalized spacial score (nSPS) is 5.33. The molecular formula is C6H7Cl2Ti-. The molecule has 50 valence electrons. The standard InChI is InChI=1S/C6H5.2ClH.Ti/c1-2-4-6-5-3-1;;;/h1-5H;2*1H;/q-1;;;. The molecule has 0 unspecified atom stereocenters. The molecule has 0 heterocycles. The predicted molar refractivity (Wildman–Crippen MR) is 39.8 cm³/mol. The van der Waals surface area contributed by atoms with Crippen molar-refractivity contribution in [3.8, 4) is 0 Å². The molecule has 0 amide bonds. The van der Waals surface area contributed by atoms with Crippen LogP contribution in [0.3, 0.4) is 0 Å². The van der Waals surface area contributed by atoms with Crippen LogP contribution in [0.25, 0.3) is 0 Å². The summed E-state index contributed by atoms with van der Waals surface area (Å²) in [5, 5.41) is 0. The van der Waals surface area contributed by atoms with Crippen LogP contribution in [-0.2, 0) is 21.7 Å². The maximum Gasteiger partial charge on any atom is 0 e. The third-order valence-corrected chi connectivity index (χ3v) is 0.607. The zero-order chi connectivity index (χ0) is 4.24. The molecule has 0 saturated carbocycles. The first-order valence-electron chi connectivity index (χ1n) is 1.91. The predicted octanol–water partition coefficient (Wildman–Crippen LogP) is 2.33. The van der Waals surface area contributed by atoms with E-state index in [1.807, 2.05) is 30.3 Å². The number of rotatable bonds is 0. The summed E-state index contributed by atoms with van der Waals surface area (Å²) < 4.78 is 0. The Balaban J connectivity index is -0.000000120. The Morgan fingerprint density at radius 2 is 1.22 bits per heavy atom. The van der Waals surface area contributed by atoms with Gasteiger partial charge >= 0.3 is 0 Å². The van der Waals surface area contributed by atoms with Gasteiger partial charge in [0, 0.05) is 21.7 Å². The zero-order valence-electron chi connectivity index (χ0n) is 4.70. The second-order valence-corrected chi connectivity index (χ2v) is 1.08. The average Bonchev–Trinajstić information content (AvgIpc) is 1.72. The van der Waals surface area contributed by atoms with Gasteiger partial charge < -0.3 is 0 Å². The maximum atomic E-state index is 2.89. The van der Waals surface area contributed by atoms with Crippen LogP contribution in [0.5, 0.6) is 0 Å². The fraction of sp³-hybridized carbons (Fsp3) is 0. The molecule has 1 rings (SSSR count). The van der Waals surface area contributed by atoms with Crippen molar-refractivity contribution >= 4 is 24.8 Å². The molecule has 1 aromatic rings. The first-order chi connectivity index (χ1) is 3.00. The van der Waals surface area contributed by atoms with Gasteiger partial charge in [0.05, 0.1) is 0 Å². The Morgan fingerprint density at radius 3 is 1.33 bits per heavy atom. The third kappa shape index (κ3) is 8.51. The number of hydrogen-bond acceptors (Lipinski definition) is 0. The Bertz CT molecular complexity index is 83.0. The van der Waals surface area contributed by atoms with Crippen molar-refractivity contribution in [3.63, 3.8) is 0 Å². The summed E-state index contributed by atoms with van der Waals surface area (Å²) in [4.78, 5) is 0. The van der Waals surface area contributed by atoms with Crippen LogP contribution in [0.1, 0.15) is 0 Å². The Labute approximate surface area is 82.7 Å². The first kappa shape index (κ1) is 16.3. The van der Waals surface area contributed by atoms with Crippen molar-refractivity contribution in [2.24, 2.45) is 0 Å². The van der Waals surface area contributed by atoms with E-state index in [0.717, 1.165) is 0 Å². The van der Waals surface area contributed by atoms with E-state index in [-0.39, 0.29) is 46.5 Å². The summed E-state index contributed by atoms with van der Waals surface area (Å²) in [6.45, 7) is 0. The summed E-state index contributed by atoms with van der Waals surface area (Å²) in [6.07, 6.45) is 0. The van der Waals surface area contributed by atoms with Crippen LogP contribution in [0, 0.1) is 6.07 Å². The Kier molecular flexibility index (Phi) is 20.5. The first-order valence-corrected chi connectivity index (χ1v) is 1.91. The van der Waals surface area contributed by atoms with Crippen LogP contribution in [0.4, 0.5) is 0 Å². The molecule has 0 atom stereocenters. The quantitative estimate of drug-likeness (QED) is 0.443. The fourth-order valence-electron chi connectivity index (χ4n) is 0.342. The van der Waals surface area contributed by atoms with Crippen molar-refractivity contribution in [3.05, 3.63) is 36.4 Å². The van der Waals surface area contributed by atoms with Crippen molar-refractivity contribution in [1.82, 2.24) is 0 Å². The molecule has 9 heavy (non-hydrogen) atoms. The largest absolute Gasteiger partial charge is 0.184 e. The van der Waals surface area contributed by atoms with Crippen LogP contribution < -0.4 is 0 Å². The molecule has 0 fully saturated rings. The second-order valence-electron chi connectivity index (χ2n) is 1.08. The number of halogens is 2. The van der Waals surface area contributed by atoms with Crippen molar-refractivity contribution < 1.29 is 21.7 Å². The molecule has 0 N–H and O–H groups in total.